The molecular formula is C17H21ClN4O2. The predicted octanol–water partition coefficient (Wildman–Crippen LogP) is 3.80. The molecule has 1 saturated heterocycles. The van der Waals surface area contributed by atoms with Crippen LogP contribution in [0, 0.1) is 0 Å². The molecule has 1 aliphatic rings. The molecule has 24 heavy (non-hydrogen) atoms. The molecule has 2 heterocycles. The fraction of sp³-hybridized carbons (Fsp3) is 0.412. The van der Waals surface area contributed by atoms with Crippen molar-refractivity contribution in [1.82, 2.24) is 14.7 Å². The fourth-order valence-electron chi connectivity index (χ4n) is 2.74. The van der Waals surface area contributed by atoms with Crippen LogP contribution in [0.1, 0.15) is 26.3 Å². The predicted molar refractivity (Wildman–Crippen MR) is 93.7 cm³/mol. The van der Waals surface area contributed by atoms with Crippen LogP contribution in [0.25, 0.3) is 0 Å². The summed E-state index contributed by atoms with van der Waals surface area (Å²) in [7, 11) is 0. The molecule has 2 aromatic rings. The van der Waals surface area contributed by atoms with Crippen molar-refractivity contribution in [3.05, 3.63) is 41.6 Å². The van der Waals surface area contributed by atoms with E-state index in [0.29, 0.717) is 29.7 Å². The summed E-state index contributed by atoms with van der Waals surface area (Å²) < 4.78 is 7.70. The molecule has 1 atom stereocenters. The third-order valence-electron chi connectivity index (χ3n) is 3.96. The molecule has 1 fully saturated rings. The van der Waals surface area contributed by atoms with Crippen LogP contribution < -0.4 is 10.1 Å². The van der Waals surface area contributed by atoms with Crippen LogP contribution >= 0.6 is 11.6 Å². The number of nitrogens with one attached hydrogen (secondary N) is 1. The van der Waals surface area contributed by atoms with Crippen molar-refractivity contribution in [3.8, 4) is 5.75 Å². The Morgan fingerprint density at radius 2 is 2.17 bits per heavy atom. The number of likely N-dealkylation sites (tertiary alicyclic amines) is 1. The lowest BCUT2D eigenvalue weighted by Gasteiger charge is -2.19. The molecule has 0 aliphatic carbocycles. The minimum Gasteiger partial charge on any atom is -0.487 e. The van der Waals surface area contributed by atoms with Gasteiger partial charge in [-0.25, -0.2) is 9.48 Å². The fourth-order valence-corrected chi connectivity index (χ4v) is 2.92. The van der Waals surface area contributed by atoms with Crippen LogP contribution in [0.15, 0.2) is 36.5 Å². The topological polar surface area (TPSA) is 59.4 Å². The summed E-state index contributed by atoms with van der Waals surface area (Å²) in [5, 5.41) is 7.72. The first-order valence-corrected chi connectivity index (χ1v) is 8.43. The molecule has 2 amide bonds. The van der Waals surface area contributed by atoms with Crippen molar-refractivity contribution in [2.24, 2.45) is 0 Å². The van der Waals surface area contributed by atoms with Crippen molar-refractivity contribution >= 4 is 23.4 Å². The monoisotopic (exact) mass is 348 g/mol. The van der Waals surface area contributed by atoms with Crippen LogP contribution in [-0.2, 0) is 0 Å². The van der Waals surface area contributed by atoms with Gasteiger partial charge in [0.15, 0.2) is 0 Å². The molecule has 1 aliphatic heterocycles. The lowest BCUT2D eigenvalue weighted by atomic mass is 10.3. The maximum absolute atomic E-state index is 12.4. The van der Waals surface area contributed by atoms with E-state index < -0.39 is 0 Å². The van der Waals surface area contributed by atoms with E-state index in [9.17, 15) is 4.79 Å². The zero-order valence-corrected chi connectivity index (χ0v) is 14.5. The third-order valence-corrected chi connectivity index (χ3v) is 4.27. The molecule has 1 unspecified atom stereocenters. The van der Waals surface area contributed by atoms with E-state index in [1.54, 1.807) is 27.9 Å². The number of aromatic nitrogens is 2. The van der Waals surface area contributed by atoms with Gasteiger partial charge in [-0.15, -0.1) is 0 Å². The Balaban J connectivity index is 1.58. The molecule has 1 aromatic heterocycles. The Morgan fingerprint density at radius 1 is 1.38 bits per heavy atom. The average Bonchev–Trinajstić information content (AvgIpc) is 3.19. The standard InChI is InChI=1S/C17H21ClN4O2/c1-12(2)22-16(7-9-19-22)20-17(23)21-10-8-13(11-21)24-15-6-4-3-5-14(15)18/h3-7,9,12-13H,8,10-11H2,1-2H3,(H,20,23). The number of carbonyl (C=O) groups is 1. The van der Waals surface area contributed by atoms with Crippen molar-refractivity contribution in [2.45, 2.75) is 32.4 Å². The van der Waals surface area contributed by atoms with Crippen LogP contribution in [0.5, 0.6) is 5.75 Å². The molecule has 6 nitrogen and oxygen atoms in total. The number of carbonyl (C=O) groups excluding carboxylic acids is 1. The van der Waals surface area contributed by atoms with Gasteiger partial charge in [0, 0.05) is 25.1 Å². The smallest absolute Gasteiger partial charge is 0.323 e. The highest BCUT2D eigenvalue weighted by atomic mass is 35.5. The first-order chi connectivity index (χ1) is 11.5. The van der Waals surface area contributed by atoms with Gasteiger partial charge in [0.1, 0.15) is 17.7 Å². The Kier molecular flexibility index (Phi) is 4.94. The number of para-hydroxylation sites is 1. The van der Waals surface area contributed by atoms with Gasteiger partial charge in [0.25, 0.3) is 0 Å². The summed E-state index contributed by atoms with van der Waals surface area (Å²) in [6, 6.07) is 9.23. The molecule has 1 N–H and O–H groups in total. The molecule has 128 valence electrons. The number of anilines is 1. The molecule has 0 spiro atoms. The largest absolute Gasteiger partial charge is 0.487 e. The maximum Gasteiger partial charge on any atom is 0.323 e. The number of amides is 2. The van der Waals surface area contributed by atoms with Crippen LogP contribution in [0.2, 0.25) is 5.02 Å². The van der Waals surface area contributed by atoms with Gasteiger partial charge in [-0.1, -0.05) is 23.7 Å². The molecule has 3 rings (SSSR count). The highest BCUT2D eigenvalue weighted by molar-refractivity contribution is 6.32. The maximum atomic E-state index is 12.4. The second-order valence-corrected chi connectivity index (χ2v) is 6.50. The number of hydrogen-bond donors (Lipinski definition) is 1. The molecular weight excluding hydrogens is 328 g/mol. The average molecular weight is 349 g/mol. The van der Waals surface area contributed by atoms with Gasteiger partial charge >= 0.3 is 6.03 Å². The number of urea groups is 1. The number of halogens is 1. The van der Waals surface area contributed by atoms with Crippen LogP contribution in [0.3, 0.4) is 0 Å². The SMILES string of the molecule is CC(C)n1nccc1NC(=O)N1CCC(Oc2ccccc2Cl)C1. The summed E-state index contributed by atoms with van der Waals surface area (Å²) in [6.45, 7) is 5.22. The number of hydrogen-bond acceptors (Lipinski definition) is 3. The van der Waals surface area contributed by atoms with Gasteiger partial charge < -0.3 is 9.64 Å². The van der Waals surface area contributed by atoms with E-state index >= 15 is 0 Å². The summed E-state index contributed by atoms with van der Waals surface area (Å²) in [4.78, 5) is 14.2. The first-order valence-electron chi connectivity index (χ1n) is 8.05. The van der Waals surface area contributed by atoms with Gasteiger partial charge in [0.2, 0.25) is 0 Å². The van der Waals surface area contributed by atoms with E-state index in [2.05, 4.69) is 10.4 Å². The quantitative estimate of drug-likeness (QED) is 0.914. The summed E-state index contributed by atoms with van der Waals surface area (Å²) in [5.74, 6) is 1.36. The number of rotatable bonds is 4. The van der Waals surface area contributed by atoms with Crippen LogP contribution in [0.4, 0.5) is 10.6 Å². The van der Waals surface area contributed by atoms with E-state index in [4.69, 9.17) is 16.3 Å². The van der Waals surface area contributed by atoms with Crippen molar-refractivity contribution in [1.29, 1.82) is 0 Å². The van der Waals surface area contributed by atoms with E-state index in [-0.39, 0.29) is 18.2 Å². The number of nitrogens with zero attached hydrogens (tertiary/aromatic N) is 3. The Bertz CT molecular complexity index is 716. The normalized spacial score (nSPS) is 17.3. The van der Waals surface area contributed by atoms with Crippen molar-refractivity contribution in [3.63, 3.8) is 0 Å². The highest BCUT2D eigenvalue weighted by Crippen LogP contribution is 2.26. The van der Waals surface area contributed by atoms with Gasteiger partial charge in [0.05, 0.1) is 17.8 Å². The summed E-state index contributed by atoms with van der Waals surface area (Å²) in [5.41, 5.74) is 0. The third kappa shape index (κ3) is 3.64. The highest BCUT2D eigenvalue weighted by Gasteiger charge is 2.28. The summed E-state index contributed by atoms with van der Waals surface area (Å²) in [6.07, 6.45) is 2.41. The zero-order chi connectivity index (χ0) is 17.1. The zero-order valence-electron chi connectivity index (χ0n) is 13.8. The molecule has 1 aromatic carbocycles. The Labute approximate surface area is 146 Å². The molecule has 0 saturated carbocycles. The minimum atomic E-state index is -0.136. The molecule has 0 radical (unpaired) electrons. The van der Waals surface area contributed by atoms with E-state index in [1.165, 1.54) is 0 Å². The van der Waals surface area contributed by atoms with Crippen molar-refractivity contribution < 1.29 is 9.53 Å². The van der Waals surface area contributed by atoms with Gasteiger partial charge in [-0.2, -0.15) is 5.10 Å². The van der Waals surface area contributed by atoms with Crippen molar-refractivity contribution in [2.75, 3.05) is 18.4 Å². The lowest BCUT2D eigenvalue weighted by Crippen LogP contribution is -2.35. The second-order valence-electron chi connectivity index (χ2n) is 6.09. The lowest BCUT2D eigenvalue weighted by molar-refractivity contribution is 0.195. The first kappa shape index (κ1) is 16.6. The summed E-state index contributed by atoms with van der Waals surface area (Å²) >= 11 is 6.12. The molecule has 0 bridgehead atoms. The Hall–Kier alpha value is -2.21. The molecule has 7 heteroatoms. The van der Waals surface area contributed by atoms with Gasteiger partial charge in [-0.05, 0) is 26.0 Å². The Morgan fingerprint density at radius 3 is 2.92 bits per heavy atom. The van der Waals surface area contributed by atoms with E-state index in [1.807, 2.05) is 32.0 Å². The van der Waals surface area contributed by atoms with Crippen LogP contribution in [-0.4, -0.2) is 39.9 Å². The number of benzene rings is 1. The van der Waals surface area contributed by atoms with E-state index in [0.717, 1.165) is 6.42 Å². The minimum absolute atomic E-state index is 0.0503. The van der Waals surface area contributed by atoms with Gasteiger partial charge in [-0.3, -0.25) is 5.32 Å². The second kappa shape index (κ2) is 7.13. The number of ether oxygens (including phenoxy) is 1.